The van der Waals surface area contributed by atoms with Gasteiger partial charge in [0.05, 0.1) is 0 Å². The number of amides is 1. The monoisotopic (exact) mass is 191 g/mol. The molecule has 0 radical (unpaired) electrons. The van der Waals surface area contributed by atoms with Crippen molar-refractivity contribution in [2.45, 2.75) is 17.6 Å². The van der Waals surface area contributed by atoms with Crippen molar-refractivity contribution in [3.8, 4) is 0 Å². The second kappa shape index (κ2) is 5.15. The second-order valence-electron chi connectivity index (χ2n) is 0.862. The highest BCUT2D eigenvalue weighted by Crippen LogP contribution is 2.24. The van der Waals surface area contributed by atoms with Crippen LogP contribution in [0.25, 0.3) is 0 Å². The quantitative estimate of drug-likeness (QED) is 0.585. The zero-order valence-electron chi connectivity index (χ0n) is 5.12. The number of primary amides is 1. The van der Waals surface area contributed by atoms with E-state index in [2.05, 4.69) is 5.73 Å². The summed E-state index contributed by atoms with van der Waals surface area (Å²) < 4.78 is -1.94. The number of hydrogen-bond donors (Lipinski definition) is 1. The van der Waals surface area contributed by atoms with Crippen molar-refractivity contribution in [1.82, 2.24) is 0 Å². The SMILES string of the molecule is CC.NC(=O)C(Cl)(Cl)Cl. The maximum Gasteiger partial charge on any atom is 0.269 e. The van der Waals surface area contributed by atoms with Crippen LogP contribution in [0.2, 0.25) is 0 Å². The smallest absolute Gasteiger partial charge is 0.269 e. The number of nitrogens with two attached hydrogens (primary N) is 1. The van der Waals surface area contributed by atoms with E-state index in [4.69, 9.17) is 34.8 Å². The van der Waals surface area contributed by atoms with Gasteiger partial charge in [-0.1, -0.05) is 48.7 Å². The van der Waals surface area contributed by atoms with Crippen LogP contribution in [0.4, 0.5) is 0 Å². The Morgan fingerprint density at radius 3 is 1.44 bits per heavy atom. The minimum Gasteiger partial charge on any atom is -0.366 e. The Balaban J connectivity index is 0. The number of alkyl halides is 3. The summed E-state index contributed by atoms with van der Waals surface area (Å²) in [6.07, 6.45) is 0. The van der Waals surface area contributed by atoms with Crippen molar-refractivity contribution in [3.63, 3.8) is 0 Å². The standard InChI is InChI=1S/C2H2Cl3NO.C2H6/c3-2(4,5)1(6)7;1-2/h(H2,6,7);1-2H3. The fraction of sp³-hybridized carbons (Fsp3) is 0.750. The van der Waals surface area contributed by atoms with Crippen LogP contribution < -0.4 is 5.73 Å². The molecule has 0 unspecified atom stereocenters. The second-order valence-corrected chi connectivity index (χ2v) is 3.14. The summed E-state index contributed by atoms with van der Waals surface area (Å²) >= 11 is 14.8. The molecule has 0 aromatic carbocycles. The van der Waals surface area contributed by atoms with Crippen molar-refractivity contribution in [2.24, 2.45) is 5.73 Å². The van der Waals surface area contributed by atoms with Gasteiger partial charge in [0.2, 0.25) is 0 Å². The fourth-order valence-electron chi connectivity index (χ4n) is 0. The van der Waals surface area contributed by atoms with Crippen molar-refractivity contribution < 1.29 is 4.79 Å². The molecule has 0 aliphatic carbocycles. The Labute approximate surface area is 69.3 Å². The summed E-state index contributed by atoms with van der Waals surface area (Å²) in [5, 5.41) is 0. The van der Waals surface area contributed by atoms with E-state index in [0.717, 1.165) is 0 Å². The predicted octanol–water partition coefficient (Wildman–Crippen LogP) is 1.87. The van der Waals surface area contributed by atoms with E-state index in [9.17, 15) is 4.79 Å². The minimum absolute atomic E-state index is 0.961. The number of carbonyl (C=O) groups is 1. The van der Waals surface area contributed by atoms with Gasteiger partial charge in [-0.3, -0.25) is 4.79 Å². The van der Waals surface area contributed by atoms with Crippen LogP contribution in [0.1, 0.15) is 13.8 Å². The zero-order valence-corrected chi connectivity index (χ0v) is 7.39. The summed E-state index contributed by atoms with van der Waals surface area (Å²) in [7, 11) is 0. The van der Waals surface area contributed by atoms with Crippen LogP contribution in [0.5, 0.6) is 0 Å². The van der Waals surface area contributed by atoms with Gasteiger partial charge >= 0.3 is 0 Å². The molecule has 0 fully saturated rings. The lowest BCUT2D eigenvalue weighted by Crippen LogP contribution is -2.27. The van der Waals surface area contributed by atoms with Gasteiger partial charge in [0.25, 0.3) is 9.70 Å². The van der Waals surface area contributed by atoms with Crippen molar-refractivity contribution >= 4 is 40.7 Å². The van der Waals surface area contributed by atoms with Crippen LogP contribution in [-0.4, -0.2) is 9.70 Å². The van der Waals surface area contributed by atoms with Crippen LogP contribution in [0.15, 0.2) is 0 Å². The van der Waals surface area contributed by atoms with Crippen molar-refractivity contribution in [1.29, 1.82) is 0 Å². The molecule has 0 heterocycles. The molecule has 0 aromatic rings. The first-order valence-corrected chi connectivity index (χ1v) is 3.44. The van der Waals surface area contributed by atoms with Crippen LogP contribution in [0, 0.1) is 0 Å². The molecular formula is C4H8Cl3NO. The van der Waals surface area contributed by atoms with Gasteiger partial charge < -0.3 is 5.73 Å². The van der Waals surface area contributed by atoms with Crippen LogP contribution in [-0.2, 0) is 4.79 Å². The number of hydrogen-bond acceptors (Lipinski definition) is 1. The molecule has 0 aromatic heterocycles. The highest BCUT2D eigenvalue weighted by Gasteiger charge is 2.26. The molecule has 5 heteroatoms. The van der Waals surface area contributed by atoms with E-state index in [-0.39, 0.29) is 0 Å². The molecule has 1 amide bonds. The molecular weight excluding hydrogens is 184 g/mol. The van der Waals surface area contributed by atoms with Gasteiger partial charge in [-0.05, 0) is 0 Å². The third-order valence-corrected chi connectivity index (χ3v) is 0.838. The topological polar surface area (TPSA) is 43.1 Å². The van der Waals surface area contributed by atoms with Gasteiger partial charge in [-0.15, -0.1) is 0 Å². The molecule has 0 atom stereocenters. The molecule has 0 aliphatic rings. The minimum atomic E-state index is -1.94. The summed E-state index contributed by atoms with van der Waals surface area (Å²) in [5.74, 6) is -0.961. The van der Waals surface area contributed by atoms with Gasteiger partial charge in [-0.25, -0.2) is 0 Å². The average Bonchev–Trinajstić information content (AvgIpc) is 1.69. The lowest BCUT2D eigenvalue weighted by Gasteiger charge is -2.01. The highest BCUT2D eigenvalue weighted by atomic mass is 35.6. The Morgan fingerprint density at radius 2 is 1.44 bits per heavy atom. The van der Waals surface area contributed by atoms with E-state index in [0.29, 0.717) is 0 Å². The molecule has 2 N–H and O–H groups in total. The van der Waals surface area contributed by atoms with Crippen molar-refractivity contribution in [3.05, 3.63) is 0 Å². The summed E-state index contributed by atoms with van der Waals surface area (Å²) in [6, 6.07) is 0. The number of halogens is 3. The predicted molar refractivity (Wildman–Crippen MR) is 40.8 cm³/mol. The van der Waals surface area contributed by atoms with E-state index >= 15 is 0 Å². The number of rotatable bonds is 0. The van der Waals surface area contributed by atoms with Crippen LogP contribution >= 0.6 is 34.8 Å². The average molecular weight is 192 g/mol. The molecule has 0 spiro atoms. The Bertz CT molecular complexity index is 88.3. The maximum absolute atomic E-state index is 9.85. The van der Waals surface area contributed by atoms with Gasteiger partial charge in [0, 0.05) is 0 Å². The first-order valence-electron chi connectivity index (χ1n) is 2.31. The molecule has 0 rings (SSSR count). The first-order chi connectivity index (χ1) is 3.94. The first kappa shape index (κ1) is 12.1. The maximum atomic E-state index is 9.85. The van der Waals surface area contributed by atoms with Gasteiger partial charge in [0.1, 0.15) is 0 Å². The Morgan fingerprint density at radius 1 is 1.33 bits per heavy atom. The van der Waals surface area contributed by atoms with E-state index in [1.54, 1.807) is 0 Å². The summed E-state index contributed by atoms with van der Waals surface area (Å²) in [5.41, 5.74) is 4.53. The van der Waals surface area contributed by atoms with Gasteiger partial charge in [0.15, 0.2) is 0 Å². The normalized spacial score (nSPS) is 9.44. The third kappa shape index (κ3) is 8.34. The van der Waals surface area contributed by atoms with Crippen LogP contribution in [0.3, 0.4) is 0 Å². The molecule has 0 aliphatic heterocycles. The van der Waals surface area contributed by atoms with E-state index < -0.39 is 9.70 Å². The molecule has 0 saturated heterocycles. The molecule has 0 saturated carbocycles. The summed E-state index contributed by atoms with van der Waals surface area (Å²) in [6.45, 7) is 4.00. The highest BCUT2D eigenvalue weighted by molar-refractivity contribution is 6.76. The Hall–Kier alpha value is 0.340. The fourth-order valence-corrected chi connectivity index (χ4v) is 0. The molecule has 2 nitrogen and oxygen atoms in total. The zero-order chi connectivity index (χ0) is 8.08. The Kier molecular flexibility index (Phi) is 6.90. The third-order valence-electron chi connectivity index (χ3n) is 0.279. The number of carbonyl (C=O) groups excluding carboxylic acids is 1. The lowest BCUT2D eigenvalue weighted by molar-refractivity contribution is -0.117. The molecule has 0 bridgehead atoms. The molecule has 56 valence electrons. The summed E-state index contributed by atoms with van der Waals surface area (Å²) in [4.78, 5) is 9.85. The van der Waals surface area contributed by atoms with Gasteiger partial charge in [-0.2, -0.15) is 0 Å². The van der Waals surface area contributed by atoms with Crippen molar-refractivity contribution in [2.75, 3.05) is 0 Å². The lowest BCUT2D eigenvalue weighted by atomic mass is 10.7. The van der Waals surface area contributed by atoms with E-state index in [1.807, 2.05) is 13.8 Å². The largest absolute Gasteiger partial charge is 0.366 e. The molecule has 9 heavy (non-hydrogen) atoms. The van der Waals surface area contributed by atoms with E-state index in [1.165, 1.54) is 0 Å².